The molecule has 1 aliphatic rings. The molecule has 0 saturated heterocycles. The first-order valence-electron chi connectivity index (χ1n) is 9.15. The lowest BCUT2D eigenvalue weighted by Gasteiger charge is -2.15. The van der Waals surface area contributed by atoms with Crippen molar-refractivity contribution in [2.24, 2.45) is 0 Å². The van der Waals surface area contributed by atoms with Crippen molar-refractivity contribution in [2.75, 3.05) is 11.9 Å². The Morgan fingerprint density at radius 2 is 1.68 bits per heavy atom. The Morgan fingerprint density at radius 3 is 2.39 bits per heavy atom. The lowest BCUT2D eigenvalue weighted by atomic mass is 10.1. The number of nitrogens with one attached hydrogen (secondary N) is 2. The molecule has 28 heavy (non-hydrogen) atoms. The minimum absolute atomic E-state index is 0.144. The number of halogens is 1. The first-order valence-corrected chi connectivity index (χ1v) is 9.15. The van der Waals surface area contributed by atoms with E-state index in [0.29, 0.717) is 11.3 Å². The number of hydrogen-bond donors (Lipinski definition) is 2. The Hall–Kier alpha value is -3.22. The number of anilines is 1. The minimum Gasteiger partial charge on any atom is -0.452 e. The van der Waals surface area contributed by atoms with E-state index in [-0.39, 0.29) is 17.5 Å². The van der Waals surface area contributed by atoms with Gasteiger partial charge in [-0.1, -0.05) is 25.0 Å². The van der Waals surface area contributed by atoms with Crippen LogP contribution in [0.25, 0.3) is 0 Å². The molecule has 2 amide bonds. The van der Waals surface area contributed by atoms with E-state index in [1.807, 2.05) is 0 Å². The lowest BCUT2D eigenvalue weighted by Crippen LogP contribution is -2.33. The number of benzene rings is 2. The van der Waals surface area contributed by atoms with Crippen molar-refractivity contribution in [1.82, 2.24) is 5.32 Å². The molecule has 2 aromatic rings. The number of para-hydroxylation sites is 1. The quantitative estimate of drug-likeness (QED) is 0.749. The summed E-state index contributed by atoms with van der Waals surface area (Å²) < 4.78 is 17.8. The van der Waals surface area contributed by atoms with Gasteiger partial charge in [0, 0.05) is 6.04 Å². The van der Waals surface area contributed by atoms with Crippen LogP contribution in [0.3, 0.4) is 0 Å². The number of esters is 1. The van der Waals surface area contributed by atoms with E-state index in [4.69, 9.17) is 4.74 Å². The Bertz CT molecular complexity index is 861. The number of rotatable bonds is 6. The third kappa shape index (κ3) is 5.16. The molecule has 1 saturated carbocycles. The predicted molar refractivity (Wildman–Crippen MR) is 101 cm³/mol. The van der Waals surface area contributed by atoms with Crippen LogP contribution in [0, 0.1) is 5.82 Å². The average Bonchev–Trinajstić information content (AvgIpc) is 3.20. The standard InChI is InChI=1S/C21H21FN2O4/c22-15-11-9-14(10-12-15)21(27)28-13-19(25)24-18-8-4-3-7-17(18)20(26)23-16-5-1-2-6-16/h3-4,7-12,16H,1-2,5-6,13H2,(H,23,26)(H,24,25). The maximum Gasteiger partial charge on any atom is 0.338 e. The first-order chi connectivity index (χ1) is 13.5. The minimum atomic E-state index is -0.734. The molecule has 146 valence electrons. The lowest BCUT2D eigenvalue weighted by molar-refractivity contribution is -0.119. The Kier molecular flexibility index (Phi) is 6.37. The molecular weight excluding hydrogens is 363 g/mol. The molecule has 0 aromatic heterocycles. The SMILES string of the molecule is O=C(COC(=O)c1ccc(F)cc1)Nc1ccccc1C(=O)NC1CCCC1. The molecule has 0 aliphatic heterocycles. The van der Waals surface area contributed by atoms with E-state index in [1.165, 1.54) is 12.1 Å². The average molecular weight is 384 g/mol. The van der Waals surface area contributed by atoms with E-state index in [1.54, 1.807) is 24.3 Å². The Labute approximate surface area is 162 Å². The van der Waals surface area contributed by atoms with E-state index < -0.39 is 24.3 Å². The Morgan fingerprint density at radius 1 is 1.00 bits per heavy atom. The van der Waals surface area contributed by atoms with Crippen LogP contribution in [-0.4, -0.2) is 30.4 Å². The molecule has 0 spiro atoms. The second-order valence-electron chi connectivity index (χ2n) is 6.63. The summed E-state index contributed by atoms with van der Waals surface area (Å²) in [5.74, 6) is -2.02. The fourth-order valence-corrected chi connectivity index (χ4v) is 3.11. The highest BCUT2D eigenvalue weighted by molar-refractivity contribution is 6.04. The number of ether oxygens (including phenoxy) is 1. The van der Waals surface area contributed by atoms with Crippen LogP contribution in [0.2, 0.25) is 0 Å². The van der Waals surface area contributed by atoms with Gasteiger partial charge in [0.2, 0.25) is 0 Å². The molecule has 7 heteroatoms. The summed E-state index contributed by atoms with van der Waals surface area (Å²) in [6.45, 7) is -0.519. The normalized spacial score (nSPS) is 13.8. The third-order valence-corrected chi connectivity index (χ3v) is 4.55. The van der Waals surface area contributed by atoms with E-state index >= 15 is 0 Å². The number of hydrogen-bond acceptors (Lipinski definition) is 4. The van der Waals surface area contributed by atoms with Gasteiger partial charge in [-0.15, -0.1) is 0 Å². The zero-order valence-electron chi connectivity index (χ0n) is 15.2. The van der Waals surface area contributed by atoms with E-state index in [0.717, 1.165) is 37.8 Å². The van der Waals surface area contributed by atoms with Crippen molar-refractivity contribution in [2.45, 2.75) is 31.7 Å². The fraction of sp³-hybridized carbons (Fsp3) is 0.286. The summed E-state index contributed by atoms with van der Waals surface area (Å²) in [4.78, 5) is 36.5. The summed E-state index contributed by atoms with van der Waals surface area (Å²) in [6, 6.07) is 11.6. The topological polar surface area (TPSA) is 84.5 Å². The van der Waals surface area contributed by atoms with Crippen LogP contribution >= 0.6 is 0 Å². The fourth-order valence-electron chi connectivity index (χ4n) is 3.11. The van der Waals surface area contributed by atoms with Crippen molar-refractivity contribution < 1.29 is 23.5 Å². The third-order valence-electron chi connectivity index (χ3n) is 4.55. The highest BCUT2D eigenvalue weighted by Gasteiger charge is 2.20. The molecule has 1 aliphatic carbocycles. The van der Waals surface area contributed by atoms with Gasteiger partial charge in [0.25, 0.3) is 11.8 Å². The van der Waals surface area contributed by atoms with Crippen LogP contribution in [0.1, 0.15) is 46.4 Å². The summed E-state index contributed by atoms with van der Waals surface area (Å²) in [5.41, 5.74) is 0.846. The largest absolute Gasteiger partial charge is 0.452 e. The van der Waals surface area contributed by atoms with E-state index in [9.17, 15) is 18.8 Å². The molecule has 0 radical (unpaired) electrons. The molecule has 2 N–H and O–H groups in total. The van der Waals surface area contributed by atoms with Crippen LogP contribution in [0.4, 0.5) is 10.1 Å². The van der Waals surface area contributed by atoms with Crippen molar-refractivity contribution in [1.29, 1.82) is 0 Å². The van der Waals surface area contributed by atoms with E-state index in [2.05, 4.69) is 10.6 Å². The molecule has 2 aromatic carbocycles. The second-order valence-corrected chi connectivity index (χ2v) is 6.63. The van der Waals surface area contributed by atoms with Gasteiger partial charge in [0.1, 0.15) is 5.82 Å². The van der Waals surface area contributed by atoms with Gasteiger partial charge in [-0.25, -0.2) is 9.18 Å². The number of carbonyl (C=O) groups is 3. The molecule has 6 nitrogen and oxygen atoms in total. The van der Waals surface area contributed by atoms with Crippen molar-refractivity contribution in [3.63, 3.8) is 0 Å². The van der Waals surface area contributed by atoms with Gasteiger partial charge in [0.05, 0.1) is 16.8 Å². The zero-order valence-corrected chi connectivity index (χ0v) is 15.2. The van der Waals surface area contributed by atoms with Gasteiger partial charge in [0.15, 0.2) is 6.61 Å². The maximum absolute atomic E-state index is 12.9. The zero-order chi connectivity index (χ0) is 19.9. The van der Waals surface area contributed by atoms with Gasteiger partial charge in [-0.05, 0) is 49.2 Å². The van der Waals surface area contributed by atoms with Gasteiger partial charge in [-0.2, -0.15) is 0 Å². The monoisotopic (exact) mass is 384 g/mol. The Balaban J connectivity index is 1.57. The van der Waals surface area contributed by atoms with Crippen molar-refractivity contribution in [3.8, 4) is 0 Å². The molecule has 0 heterocycles. The van der Waals surface area contributed by atoms with Gasteiger partial charge >= 0.3 is 5.97 Å². The van der Waals surface area contributed by atoms with Crippen LogP contribution < -0.4 is 10.6 Å². The van der Waals surface area contributed by atoms with Gasteiger partial charge < -0.3 is 15.4 Å². The highest BCUT2D eigenvalue weighted by Crippen LogP contribution is 2.20. The van der Waals surface area contributed by atoms with Crippen molar-refractivity contribution in [3.05, 3.63) is 65.5 Å². The summed E-state index contributed by atoms with van der Waals surface area (Å²) in [7, 11) is 0. The summed E-state index contributed by atoms with van der Waals surface area (Å²) in [6.07, 6.45) is 4.12. The van der Waals surface area contributed by atoms with Crippen molar-refractivity contribution >= 4 is 23.5 Å². The first kappa shape index (κ1) is 19.5. The van der Waals surface area contributed by atoms with Gasteiger partial charge in [-0.3, -0.25) is 9.59 Å². The molecule has 0 atom stereocenters. The van der Waals surface area contributed by atoms with Crippen LogP contribution in [0.5, 0.6) is 0 Å². The summed E-state index contributed by atoms with van der Waals surface area (Å²) in [5, 5.41) is 5.57. The number of carbonyl (C=O) groups excluding carboxylic acids is 3. The summed E-state index contributed by atoms with van der Waals surface area (Å²) >= 11 is 0. The second kappa shape index (κ2) is 9.12. The highest BCUT2D eigenvalue weighted by atomic mass is 19.1. The molecule has 1 fully saturated rings. The molecule has 0 bridgehead atoms. The molecule has 3 rings (SSSR count). The predicted octanol–water partition coefficient (Wildman–Crippen LogP) is 3.29. The maximum atomic E-state index is 12.9. The number of amides is 2. The molecule has 0 unspecified atom stereocenters. The van der Waals surface area contributed by atoms with Crippen LogP contribution in [-0.2, 0) is 9.53 Å². The van der Waals surface area contributed by atoms with Crippen LogP contribution in [0.15, 0.2) is 48.5 Å². The smallest absolute Gasteiger partial charge is 0.338 e. The molecular formula is C21H21FN2O4.